The van der Waals surface area contributed by atoms with Crippen LogP contribution in [0.5, 0.6) is 0 Å². The van der Waals surface area contributed by atoms with Gasteiger partial charge in [-0.05, 0) is 25.2 Å². The molecule has 0 amide bonds. The van der Waals surface area contributed by atoms with E-state index in [0.717, 1.165) is 12.8 Å². The molecule has 0 saturated heterocycles. The third-order valence-electron chi connectivity index (χ3n) is 1.89. The summed E-state index contributed by atoms with van der Waals surface area (Å²) in [7, 11) is 0. The van der Waals surface area contributed by atoms with Crippen LogP contribution in [-0.4, -0.2) is 22.4 Å². The lowest BCUT2D eigenvalue weighted by atomic mass is 9.87. The highest BCUT2D eigenvalue weighted by Gasteiger charge is 2.22. The Morgan fingerprint density at radius 2 is 1.44 bits per heavy atom. The quantitative estimate of drug-likeness (QED) is 0.502. The van der Waals surface area contributed by atoms with Crippen molar-refractivity contribution in [2.75, 3.05) is 0 Å². The van der Waals surface area contributed by atoms with Crippen molar-refractivity contribution in [3.05, 3.63) is 0 Å². The average molecular weight is 130 g/mol. The predicted octanol–water partition coefficient (Wildman–Crippen LogP) is 0.528. The Kier molecular flexibility index (Phi) is 2.09. The van der Waals surface area contributed by atoms with Crippen molar-refractivity contribution in [2.45, 2.75) is 38.4 Å². The predicted molar refractivity (Wildman–Crippen MR) is 35.0 cm³/mol. The molecular formula is C7H14O2. The zero-order valence-corrected chi connectivity index (χ0v) is 5.75. The monoisotopic (exact) mass is 130 g/mol. The van der Waals surface area contributed by atoms with Gasteiger partial charge in [-0.3, -0.25) is 0 Å². The second-order valence-electron chi connectivity index (χ2n) is 3.12. The van der Waals surface area contributed by atoms with Gasteiger partial charge in [0, 0.05) is 0 Å². The molecule has 2 nitrogen and oxygen atoms in total. The first-order valence-electron chi connectivity index (χ1n) is 3.54. The normalized spacial score (nSPS) is 45.0. The Morgan fingerprint density at radius 1 is 1.00 bits per heavy atom. The van der Waals surface area contributed by atoms with Gasteiger partial charge in [-0.25, -0.2) is 0 Å². The van der Waals surface area contributed by atoms with E-state index < -0.39 is 0 Å². The summed E-state index contributed by atoms with van der Waals surface area (Å²) in [5.41, 5.74) is 0. The van der Waals surface area contributed by atoms with Crippen LogP contribution >= 0.6 is 0 Å². The Hall–Kier alpha value is -0.0800. The Labute approximate surface area is 55.5 Å². The van der Waals surface area contributed by atoms with Gasteiger partial charge in [0.05, 0.1) is 12.2 Å². The molecule has 0 radical (unpaired) electrons. The molecule has 2 atom stereocenters. The summed E-state index contributed by atoms with van der Waals surface area (Å²) in [5.74, 6) is 0.490. The van der Waals surface area contributed by atoms with Gasteiger partial charge >= 0.3 is 0 Å². The van der Waals surface area contributed by atoms with E-state index in [0.29, 0.717) is 12.3 Å². The number of rotatable bonds is 0. The van der Waals surface area contributed by atoms with Gasteiger partial charge in [0.2, 0.25) is 0 Å². The fourth-order valence-corrected chi connectivity index (χ4v) is 1.53. The highest BCUT2D eigenvalue weighted by atomic mass is 16.3. The van der Waals surface area contributed by atoms with E-state index in [1.165, 1.54) is 0 Å². The van der Waals surface area contributed by atoms with Crippen LogP contribution in [-0.2, 0) is 0 Å². The maximum absolute atomic E-state index is 9.09. The number of aliphatic hydroxyl groups is 2. The molecule has 2 N–H and O–H groups in total. The molecule has 54 valence electrons. The largest absolute Gasteiger partial charge is 0.393 e. The molecule has 1 aliphatic carbocycles. The van der Waals surface area contributed by atoms with E-state index >= 15 is 0 Å². The smallest absolute Gasteiger partial charge is 0.0567 e. The highest BCUT2D eigenvalue weighted by Crippen LogP contribution is 2.23. The van der Waals surface area contributed by atoms with Crippen LogP contribution in [0.25, 0.3) is 0 Å². The van der Waals surface area contributed by atoms with E-state index in [4.69, 9.17) is 10.2 Å². The minimum Gasteiger partial charge on any atom is -0.393 e. The standard InChI is InChI=1S/C7H14O2/c1-5-2-6(8)4-7(9)3-5/h5-9H,2-4H2,1H3/t6-,7-/m0/s1. The molecule has 0 spiro atoms. The van der Waals surface area contributed by atoms with Crippen LogP contribution < -0.4 is 0 Å². The van der Waals surface area contributed by atoms with Crippen molar-refractivity contribution in [3.8, 4) is 0 Å². The summed E-state index contributed by atoms with van der Waals surface area (Å²) in [4.78, 5) is 0. The maximum atomic E-state index is 9.09. The minimum atomic E-state index is -0.260. The highest BCUT2D eigenvalue weighted by molar-refractivity contribution is 4.74. The zero-order valence-electron chi connectivity index (χ0n) is 5.75. The summed E-state index contributed by atoms with van der Waals surface area (Å²) in [6.07, 6.45) is 1.77. The third kappa shape index (κ3) is 1.95. The van der Waals surface area contributed by atoms with E-state index in [1.807, 2.05) is 0 Å². The Morgan fingerprint density at radius 3 is 1.78 bits per heavy atom. The van der Waals surface area contributed by atoms with Crippen LogP contribution in [0.15, 0.2) is 0 Å². The number of aliphatic hydroxyl groups excluding tert-OH is 2. The molecular weight excluding hydrogens is 116 g/mol. The fourth-order valence-electron chi connectivity index (χ4n) is 1.53. The van der Waals surface area contributed by atoms with Crippen molar-refractivity contribution < 1.29 is 10.2 Å². The van der Waals surface area contributed by atoms with Gasteiger partial charge in [0.1, 0.15) is 0 Å². The first-order chi connectivity index (χ1) is 4.18. The van der Waals surface area contributed by atoms with E-state index in [1.54, 1.807) is 0 Å². The van der Waals surface area contributed by atoms with Gasteiger partial charge in [-0.15, -0.1) is 0 Å². The first kappa shape index (κ1) is 7.03. The van der Waals surface area contributed by atoms with Crippen LogP contribution in [0, 0.1) is 5.92 Å². The van der Waals surface area contributed by atoms with Crippen LogP contribution in [0.3, 0.4) is 0 Å². The van der Waals surface area contributed by atoms with Gasteiger partial charge in [-0.2, -0.15) is 0 Å². The Bertz CT molecular complexity index is 67.9. The second kappa shape index (κ2) is 2.67. The average Bonchev–Trinajstić information content (AvgIpc) is 1.59. The summed E-state index contributed by atoms with van der Waals surface area (Å²) < 4.78 is 0. The van der Waals surface area contributed by atoms with Crippen molar-refractivity contribution in [1.29, 1.82) is 0 Å². The van der Waals surface area contributed by atoms with Gasteiger partial charge in [0.25, 0.3) is 0 Å². The van der Waals surface area contributed by atoms with E-state index in [-0.39, 0.29) is 12.2 Å². The molecule has 1 fully saturated rings. The third-order valence-corrected chi connectivity index (χ3v) is 1.89. The van der Waals surface area contributed by atoms with E-state index in [2.05, 4.69) is 6.92 Å². The second-order valence-corrected chi connectivity index (χ2v) is 3.12. The summed E-state index contributed by atoms with van der Waals surface area (Å²) in [6.45, 7) is 2.06. The van der Waals surface area contributed by atoms with Crippen molar-refractivity contribution >= 4 is 0 Å². The SMILES string of the molecule is CC1C[C@H](O)C[C@@H](O)C1. The lowest BCUT2D eigenvalue weighted by molar-refractivity contribution is 0.0186. The number of hydrogen-bond acceptors (Lipinski definition) is 2. The van der Waals surface area contributed by atoms with Crippen LogP contribution in [0.4, 0.5) is 0 Å². The summed E-state index contributed by atoms with van der Waals surface area (Å²) >= 11 is 0. The van der Waals surface area contributed by atoms with Crippen LogP contribution in [0.2, 0.25) is 0 Å². The molecule has 2 heteroatoms. The lowest BCUT2D eigenvalue weighted by Crippen LogP contribution is -2.28. The molecule has 0 aromatic rings. The topological polar surface area (TPSA) is 40.5 Å². The molecule has 0 heterocycles. The minimum absolute atomic E-state index is 0.260. The summed E-state index contributed by atoms with van der Waals surface area (Å²) in [5, 5.41) is 18.2. The van der Waals surface area contributed by atoms with E-state index in [9.17, 15) is 0 Å². The molecule has 0 aromatic carbocycles. The molecule has 0 unspecified atom stereocenters. The van der Waals surface area contributed by atoms with Crippen LogP contribution in [0.1, 0.15) is 26.2 Å². The molecule has 9 heavy (non-hydrogen) atoms. The van der Waals surface area contributed by atoms with Crippen molar-refractivity contribution in [3.63, 3.8) is 0 Å². The molecule has 0 bridgehead atoms. The van der Waals surface area contributed by atoms with Gasteiger partial charge < -0.3 is 10.2 Å². The first-order valence-corrected chi connectivity index (χ1v) is 3.54. The molecule has 1 saturated carbocycles. The lowest BCUT2D eigenvalue weighted by Gasteiger charge is -2.26. The zero-order chi connectivity index (χ0) is 6.85. The van der Waals surface area contributed by atoms with Gasteiger partial charge in [-0.1, -0.05) is 6.92 Å². The summed E-state index contributed by atoms with van der Waals surface area (Å²) in [6, 6.07) is 0. The number of hydrogen-bond donors (Lipinski definition) is 2. The molecule has 1 rings (SSSR count). The Balaban J connectivity index is 2.34. The molecule has 0 aliphatic heterocycles. The fraction of sp³-hybridized carbons (Fsp3) is 1.00. The van der Waals surface area contributed by atoms with Crippen molar-refractivity contribution in [2.24, 2.45) is 5.92 Å². The van der Waals surface area contributed by atoms with Crippen molar-refractivity contribution in [1.82, 2.24) is 0 Å². The molecule has 0 aromatic heterocycles. The maximum Gasteiger partial charge on any atom is 0.0567 e. The van der Waals surface area contributed by atoms with Gasteiger partial charge in [0.15, 0.2) is 0 Å². The molecule has 1 aliphatic rings.